The highest BCUT2D eigenvalue weighted by Crippen LogP contribution is 2.34. The summed E-state index contributed by atoms with van der Waals surface area (Å²) < 4.78 is 44.2. The molecule has 5 rings (SSSR count). The molecule has 2 aliphatic rings. The van der Waals surface area contributed by atoms with Gasteiger partial charge in [0.1, 0.15) is 23.2 Å². The van der Waals surface area contributed by atoms with Crippen LogP contribution in [0.5, 0.6) is 0 Å². The Labute approximate surface area is 240 Å². The van der Waals surface area contributed by atoms with Gasteiger partial charge in [-0.15, -0.1) is 0 Å². The van der Waals surface area contributed by atoms with Gasteiger partial charge in [-0.2, -0.15) is 13.2 Å². The number of nitrogens with zero attached hydrogens (tertiary/aromatic N) is 3. The average molecular weight is 567 g/mol. The van der Waals surface area contributed by atoms with E-state index in [1.807, 2.05) is 38.1 Å². The molecule has 2 heterocycles. The van der Waals surface area contributed by atoms with Crippen molar-refractivity contribution in [2.75, 3.05) is 25.5 Å². The fourth-order valence-electron chi connectivity index (χ4n) is 5.33. The van der Waals surface area contributed by atoms with Gasteiger partial charge in [0.15, 0.2) is 0 Å². The SMILES string of the molecule is Cc1cc(C(F)(F)F)ccc1-c1ccc(CNCC2CCC(C)CC2)o1.Cc1nc(N(C)C)c2c(n1)=CCC=CC=2. The van der Waals surface area contributed by atoms with Gasteiger partial charge in [-0.05, 0) is 87.4 Å². The quantitative estimate of drug-likeness (QED) is 0.366. The minimum Gasteiger partial charge on any atom is -0.460 e. The highest BCUT2D eigenvalue weighted by Gasteiger charge is 2.30. The summed E-state index contributed by atoms with van der Waals surface area (Å²) >= 11 is 0. The molecular weight excluding hydrogens is 525 g/mol. The summed E-state index contributed by atoms with van der Waals surface area (Å²) in [5.74, 6) is 4.82. The zero-order valence-corrected chi connectivity index (χ0v) is 24.7. The number of furan rings is 1. The topological polar surface area (TPSA) is 54.2 Å². The first-order chi connectivity index (χ1) is 19.5. The molecule has 0 amide bonds. The van der Waals surface area contributed by atoms with E-state index in [1.165, 1.54) is 37.8 Å². The standard InChI is InChI=1S/C21H26F3NO.C12H15N3/c1-14-3-5-16(6-4-14)12-25-13-18-8-10-20(26-18)19-9-7-17(11-15(19)2)21(22,23)24;1-9-13-11-8-6-4-5-7-10(11)12(14-9)15(2)3/h7-11,14,16,25H,3-6,12-13H2,1-2H3;4-5,7-8H,6H2,1-3H3. The van der Waals surface area contributed by atoms with Gasteiger partial charge in [0.25, 0.3) is 0 Å². The molecule has 2 aliphatic carbocycles. The maximum absolute atomic E-state index is 12.8. The number of halogens is 3. The van der Waals surface area contributed by atoms with E-state index >= 15 is 0 Å². The first kappa shape index (κ1) is 30.6. The Morgan fingerprint density at radius 2 is 1.78 bits per heavy atom. The van der Waals surface area contributed by atoms with E-state index in [1.54, 1.807) is 6.92 Å². The van der Waals surface area contributed by atoms with Crippen molar-refractivity contribution in [2.45, 2.75) is 65.6 Å². The molecule has 0 unspecified atom stereocenters. The van der Waals surface area contributed by atoms with Gasteiger partial charge in [-0.1, -0.05) is 44.1 Å². The van der Waals surface area contributed by atoms with Gasteiger partial charge in [-0.25, -0.2) is 9.97 Å². The number of alkyl halides is 3. The summed E-state index contributed by atoms with van der Waals surface area (Å²) in [6, 6.07) is 7.47. The molecule has 0 bridgehead atoms. The number of hydrogen-bond donors (Lipinski definition) is 1. The lowest BCUT2D eigenvalue weighted by Crippen LogP contribution is -2.35. The summed E-state index contributed by atoms with van der Waals surface area (Å²) in [6.07, 6.45) is 10.2. The molecule has 0 radical (unpaired) electrons. The van der Waals surface area contributed by atoms with Crippen LogP contribution in [0.2, 0.25) is 0 Å². The lowest BCUT2D eigenvalue weighted by atomic mass is 9.83. The fraction of sp³-hybridized carbons (Fsp3) is 0.455. The van der Waals surface area contributed by atoms with Crippen LogP contribution in [0.25, 0.3) is 23.5 Å². The van der Waals surface area contributed by atoms with Gasteiger partial charge >= 0.3 is 6.18 Å². The Bertz CT molecular complexity index is 1460. The van der Waals surface area contributed by atoms with Crippen molar-refractivity contribution >= 4 is 18.0 Å². The minimum atomic E-state index is -4.32. The van der Waals surface area contributed by atoms with E-state index in [4.69, 9.17) is 4.42 Å². The minimum absolute atomic E-state index is 0.560. The molecule has 3 aromatic rings. The second-order valence-electron chi connectivity index (χ2n) is 11.4. The van der Waals surface area contributed by atoms with Gasteiger partial charge in [0.2, 0.25) is 0 Å². The van der Waals surface area contributed by atoms with Crippen LogP contribution in [0.1, 0.15) is 61.7 Å². The molecule has 5 nitrogen and oxygen atoms in total. The number of aromatic nitrogens is 2. The number of rotatable bonds is 6. The first-order valence-electron chi connectivity index (χ1n) is 14.4. The molecule has 1 aromatic carbocycles. The summed E-state index contributed by atoms with van der Waals surface area (Å²) in [4.78, 5) is 10.9. The van der Waals surface area contributed by atoms with E-state index < -0.39 is 11.7 Å². The van der Waals surface area contributed by atoms with Crippen molar-refractivity contribution in [2.24, 2.45) is 11.8 Å². The second-order valence-corrected chi connectivity index (χ2v) is 11.4. The number of nitrogens with one attached hydrogen (secondary N) is 1. The maximum atomic E-state index is 12.8. The Morgan fingerprint density at radius 1 is 1.02 bits per heavy atom. The monoisotopic (exact) mass is 566 g/mol. The van der Waals surface area contributed by atoms with Crippen LogP contribution in [-0.4, -0.2) is 30.6 Å². The van der Waals surface area contributed by atoms with Crippen molar-refractivity contribution in [1.82, 2.24) is 15.3 Å². The highest BCUT2D eigenvalue weighted by molar-refractivity contribution is 5.63. The van der Waals surface area contributed by atoms with Gasteiger partial charge in [0, 0.05) is 24.9 Å². The Balaban J connectivity index is 0.000000218. The lowest BCUT2D eigenvalue weighted by molar-refractivity contribution is -0.137. The van der Waals surface area contributed by atoms with Crippen LogP contribution in [-0.2, 0) is 12.7 Å². The van der Waals surface area contributed by atoms with Gasteiger partial charge in [0.05, 0.1) is 17.5 Å². The predicted molar refractivity (Wildman–Crippen MR) is 160 cm³/mol. The van der Waals surface area contributed by atoms with Crippen LogP contribution < -0.4 is 20.8 Å². The number of allylic oxidation sites excluding steroid dienone is 2. The molecule has 220 valence electrons. The second kappa shape index (κ2) is 13.5. The Hall–Kier alpha value is -3.39. The molecule has 41 heavy (non-hydrogen) atoms. The molecule has 0 spiro atoms. The normalized spacial score (nSPS) is 18.3. The lowest BCUT2D eigenvalue weighted by Gasteiger charge is -2.26. The molecule has 0 saturated heterocycles. The largest absolute Gasteiger partial charge is 0.460 e. The number of aryl methyl sites for hydroxylation is 2. The number of benzene rings is 1. The van der Waals surface area contributed by atoms with Crippen molar-refractivity contribution in [3.8, 4) is 11.3 Å². The highest BCUT2D eigenvalue weighted by atomic mass is 19.4. The van der Waals surface area contributed by atoms with Gasteiger partial charge in [-0.3, -0.25) is 0 Å². The van der Waals surface area contributed by atoms with Crippen LogP contribution in [0, 0.1) is 25.7 Å². The van der Waals surface area contributed by atoms with Crippen LogP contribution >= 0.6 is 0 Å². The number of anilines is 1. The number of hydrogen-bond acceptors (Lipinski definition) is 5. The third-order valence-corrected chi connectivity index (χ3v) is 7.69. The van der Waals surface area contributed by atoms with Crippen molar-refractivity contribution in [3.05, 3.63) is 75.8 Å². The first-order valence-corrected chi connectivity index (χ1v) is 14.4. The third-order valence-electron chi connectivity index (χ3n) is 7.69. The maximum Gasteiger partial charge on any atom is 0.416 e. The Kier molecular flexibility index (Phi) is 10.1. The molecule has 0 aliphatic heterocycles. The van der Waals surface area contributed by atoms with Crippen molar-refractivity contribution in [1.29, 1.82) is 0 Å². The van der Waals surface area contributed by atoms with E-state index in [0.717, 1.165) is 58.8 Å². The van der Waals surface area contributed by atoms with E-state index in [2.05, 4.69) is 46.5 Å². The summed E-state index contributed by atoms with van der Waals surface area (Å²) in [5, 5.41) is 5.60. The molecule has 1 N–H and O–H groups in total. The molecule has 8 heteroatoms. The third kappa shape index (κ3) is 8.32. The zero-order valence-electron chi connectivity index (χ0n) is 24.7. The summed E-state index contributed by atoms with van der Waals surface area (Å²) in [7, 11) is 4.01. The van der Waals surface area contributed by atoms with Crippen molar-refractivity contribution < 1.29 is 17.6 Å². The van der Waals surface area contributed by atoms with E-state index in [9.17, 15) is 13.2 Å². The van der Waals surface area contributed by atoms with Gasteiger partial charge < -0.3 is 14.6 Å². The Morgan fingerprint density at radius 3 is 2.46 bits per heavy atom. The van der Waals surface area contributed by atoms with E-state index in [-0.39, 0.29) is 0 Å². The molecule has 2 aromatic heterocycles. The zero-order chi connectivity index (χ0) is 29.6. The average Bonchev–Trinajstić information content (AvgIpc) is 3.25. The molecular formula is C33H41F3N4O. The van der Waals surface area contributed by atoms with Crippen molar-refractivity contribution in [3.63, 3.8) is 0 Å². The van der Waals surface area contributed by atoms with E-state index in [0.29, 0.717) is 23.4 Å². The predicted octanol–water partition coefficient (Wildman–Crippen LogP) is 6.56. The fourth-order valence-corrected chi connectivity index (χ4v) is 5.33. The van der Waals surface area contributed by atoms with Crippen LogP contribution in [0.4, 0.5) is 19.0 Å². The molecule has 1 fully saturated rings. The van der Waals surface area contributed by atoms with Crippen LogP contribution in [0.15, 0.2) is 46.9 Å². The molecule has 0 atom stereocenters. The molecule has 1 saturated carbocycles. The summed E-state index contributed by atoms with van der Waals surface area (Å²) in [6.45, 7) is 7.56. The van der Waals surface area contributed by atoms with Crippen LogP contribution in [0.3, 0.4) is 0 Å². The smallest absolute Gasteiger partial charge is 0.416 e. The summed E-state index contributed by atoms with van der Waals surface area (Å²) in [5.41, 5.74) is 0.629. The number of fused-ring (bicyclic) bond motifs is 1.